The van der Waals surface area contributed by atoms with Crippen LogP contribution in [0.4, 0.5) is 13.2 Å². The van der Waals surface area contributed by atoms with Gasteiger partial charge in [-0.2, -0.15) is 13.2 Å². The number of hydrogen-bond donors (Lipinski definition) is 2. The van der Waals surface area contributed by atoms with Crippen LogP contribution >= 0.6 is 0 Å². The lowest BCUT2D eigenvalue weighted by Gasteiger charge is -2.25. The molecule has 0 amide bonds. The van der Waals surface area contributed by atoms with E-state index in [9.17, 15) is 13.2 Å². The third kappa shape index (κ3) is 4.37. The van der Waals surface area contributed by atoms with Crippen molar-refractivity contribution in [2.24, 2.45) is 5.16 Å². The SMILES string of the molecule is CNCCCCCc1ccc(C2=NOC(C)(C(F)(F)F)N2)cc1. The van der Waals surface area contributed by atoms with Gasteiger partial charge in [-0.3, -0.25) is 0 Å². The van der Waals surface area contributed by atoms with Gasteiger partial charge in [0.05, 0.1) is 0 Å². The van der Waals surface area contributed by atoms with Crippen molar-refractivity contribution in [3.63, 3.8) is 0 Å². The third-order valence-corrected chi connectivity index (χ3v) is 3.84. The number of hydrogen-bond acceptors (Lipinski definition) is 4. The number of halogens is 3. The molecule has 1 aliphatic heterocycles. The summed E-state index contributed by atoms with van der Waals surface area (Å²) in [5, 5.41) is 8.95. The molecule has 0 fully saturated rings. The number of rotatable bonds is 7. The number of oxime groups is 1. The molecule has 128 valence electrons. The second-order valence-electron chi connectivity index (χ2n) is 5.80. The highest BCUT2D eigenvalue weighted by molar-refractivity contribution is 5.99. The number of nitrogens with zero attached hydrogens (tertiary/aromatic N) is 1. The van der Waals surface area contributed by atoms with Gasteiger partial charge in [0.2, 0.25) is 0 Å². The molecule has 0 bridgehead atoms. The molecule has 1 heterocycles. The Morgan fingerprint density at radius 1 is 1.17 bits per heavy atom. The lowest BCUT2D eigenvalue weighted by molar-refractivity contribution is -0.269. The van der Waals surface area contributed by atoms with Crippen LogP contribution in [0.1, 0.15) is 37.3 Å². The molecule has 0 aromatic heterocycles. The van der Waals surface area contributed by atoms with Gasteiger partial charge in [0.15, 0.2) is 5.84 Å². The van der Waals surface area contributed by atoms with E-state index < -0.39 is 11.9 Å². The quantitative estimate of drug-likeness (QED) is 0.755. The van der Waals surface area contributed by atoms with Gasteiger partial charge in [0, 0.05) is 12.5 Å². The van der Waals surface area contributed by atoms with Crippen LogP contribution in [0.5, 0.6) is 0 Å². The van der Waals surface area contributed by atoms with Crippen LogP contribution in [0.3, 0.4) is 0 Å². The summed E-state index contributed by atoms with van der Waals surface area (Å²) in [6.45, 7) is 1.94. The van der Waals surface area contributed by atoms with Crippen LogP contribution in [0.2, 0.25) is 0 Å². The molecule has 1 aliphatic rings. The molecule has 23 heavy (non-hydrogen) atoms. The minimum absolute atomic E-state index is 0.102. The summed E-state index contributed by atoms with van der Waals surface area (Å²) < 4.78 is 38.6. The monoisotopic (exact) mass is 329 g/mol. The second-order valence-corrected chi connectivity index (χ2v) is 5.80. The summed E-state index contributed by atoms with van der Waals surface area (Å²) in [5.74, 6) is 0.102. The van der Waals surface area contributed by atoms with Gasteiger partial charge in [-0.1, -0.05) is 35.8 Å². The van der Waals surface area contributed by atoms with Gasteiger partial charge in [-0.25, -0.2) is 0 Å². The molecule has 0 aliphatic carbocycles. The summed E-state index contributed by atoms with van der Waals surface area (Å²) in [4.78, 5) is 4.55. The van der Waals surface area contributed by atoms with E-state index in [0.29, 0.717) is 5.56 Å². The molecular weight excluding hydrogens is 307 g/mol. The molecule has 4 nitrogen and oxygen atoms in total. The average Bonchev–Trinajstić information content (AvgIpc) is 2.91. The molecule has 0 saturated carbocycles. The zero-order valence-corrected chi connectivity index (χ0v) is 13.3. The largest absolute Gasteiger partial charge is 0.450 e. The number of unbranched alkanes of at least 4 members (excludes halogenated alkanes) is 2. The van der Waals surface area contributed by atoms with E-state index in [4.69, 9.17) is 0 Å². The molecule has 0 radical (unpaired) electrons. The third-order valence-electron chi connectivity index (χ3n) is 3.84. The molecule has 1 aromatic carbocycles. The standard InChI is InChI=1S/C16H22F3N3O/c1-15(16(17,18)19)21-14(22-23-15)13-9-7-12(8-10-13)6-4-3-5-11-20-2/h7-10,20H,3-6,11H2,1-2H3,(H,21,22). The van der Waals surface area contributed by atoms with Crippen LogP contribution in [-0.2, 0) is 11.3 Å². The highest BCUT2D eigenvalue weighted by Crippen LogP contribution is 2.34. The first kappa shape index (κ1) is 17.6. The zero-order valence-electron chi connectivity index (χ0n) is 13.3. The van der Waals surface area contributed by atoms with Crippen LogP contribution in [-0.4, -0.2) is 31.3 Å². The second kappa shape index (κ2) is 7.21. The van der Waals surface area contributed by atoms with Crippen molar-refractivity contribution in [1.29, 1.82) is 0 Å². The van der Waals surface area contributed by atoms with E-state index in [1.54, 1.807) is 12.1 Å². The smallest absolute Gasteiger partial charge is 0.356 e. The number of aryl methyl sites for hydroxylation is 1. The Morgan fingerprint density at radius 2 is 1.87 bits per heavy atom. The van der Waals surface area contributed by atoms with E-state index >= 15 is 0 Å². The van der Waals surface area contributed by atoms with Crippen LogP contribution < -0.4 is 10.6 Å². The molecule has 1 aromatic rings. The molecule has 0 spiro atoms. The number of alkyl halides is 3. The van der Waals surface area contributed by atoms with Crippen molar-refractivity contribution in [2.45, 2.75) is 44.5 Å². The molecule has 0 saturated heterocycles. The number of nitrogens with one attached hydrogen (secondary N) is 2. The van der Waals surface area contributed by atoms with Crippen molar-refractivity contribution < 1.29 is 18.0 Å². The predicted octanol–water partition coefficient (Wildman–Crippen LogP) is 3.18. The predicted molar refractivity (Wildman–Crippen MR) is 83.1 cm³/mol. The maximum absolute atomic E-state index is 12.9. The van der Waals surface area contributed by atoms with Crippen molar-refractivity contribution in [2.75, 3.05) is 13.6 Å². The summed E-state index contributed by atoms with van der Waals surface area (Å²) in [6, 6.07) is 7.36. The number of benzene rings is 1. The Hall–Kier alpha value is -1.76. The first-order chi connectivity index (χ1) is 10.9. The van der Waals surface area contributed by atoms with Crippen molar-refractivity contribution in [1.82, 2.24) is 10.6 Å². The Labute approximate surface area is 134 Å². The maximum atomic E-state index is 12.9. The van der Waals surface area contributed by atoms with Crippen LogP contribution in [0.25, 0.3) is 0 Å². The van der Waals surface area contributed by atoms with Crippen molar-refractivity contribution in [3.8, 4) is 0 Å². The lowest BCUT2D eigenvalue weighted by Crippen LogP contribution is -2.54. The van der Waals surface area contributed by atoms with Gasteiger partial charge < -0.3 is 15.5 Å². The van der Waals surface area contributed by atoms with E-state index in [1.807, 2.05) is 19.2 Å². The summed E-state index contributed by atoms with van der Waals surface area (Å²) in [5.41, 5.74) is -0.720. The highest BCUT2D eigenvalue weighted by atomic mass is 19.4. The topological polar surface area (TPSA) is 45.7 Å². The summed E-state index contributed by atoms with van der Waals surface area (Å²) in [6.07, 6.45) is -0.195. The molecule has 7 heteroatoms. The zero-order chi connectivity index (χ0) is 16.9. The van der Waals surface area contributed by atoms with Crippen LogP contribution in [0, 0.1) is 0 Å². The molecular formula is C16H22F3N3O. The fourth-order valence-electron chi connectivity index (χ4n) is 2.29. The van der Waals surface area contributed by atoms with Gasteiger partial charge >= 0.3 is 11.9 Å². The van der Waals surface area contributed by atoms with Crippen molar-refractivity contribution in [3.05, 3.63) is 35.4 Å². The Bertz CT molecular complexity index is 542. The molecule has 2 rings (SSSR count). The minimum Gasteiger partial charge on any atom is -0.356 e. The summed E-state index contributed by atoms with van der Waals surface area (Å²) in [7, 11) is 1.94. The first-order valence-corrected chi connectivity index (χ1v) is 7.71. The van der Waals surface area contributed by atoms with E-state index in [-0.39, 0.29) is 5.84 Å². The first-order valence-electron chi connectivity index (χ1n) is 7.71. The normalized spacial score (nSPS) is 20.8. The van der Waals surface area contributed by atoms with Gasteiger partial charge in [0.25, 0.3) is 0 Å². The van der Waals surface area contributed by atoms with E-state index in [0.717, 1.165) is 44.7 Å². The average molecular weight is 329 g/mol. The summed E-state index contributed by atoms with van der Waals surface area (Å²) >= 11 is 0. The van der Waals surface area contributed by atoms with Gasteiger partial charge in [0.1, 0.15) is 0 Å². The van der Waals surface area contributed by atoms with E-state index in [2.05, 4.69) is 20.6 Å². The molecule has 2 N–H and O–H groups in total. The fraction of sp³-hybridized carbons (Fsp3) is 0.562. The van der Waals surface area contributed by atoms with Gasteiger partial charge in [-0.05, 0) is 38.4 Å². The van der Waals surface area contributed by atoms with E-state index in [1.165, 1.54) is 0 Å². The highest BCUT2D eigenvalue weighted by Gasteiger charge is 2.57. The maximum Gasteiger partial charge on any atom is 0.450 e. The Morgan fingerprint density at radius 3 is 2.43 bits per heavy atom. The fourth-order valence-corrected chi connectivity index (χ4v) is 2.29. The van der Waals surface area contributed by atoms with Crippen molar-refractivity contribution >= 4 is 5.84 Å². The lowest BCUT2D eigenvalue weighted by atomic mass is 10.0. The van der Waals surface area contributed by atoms with Crippen LogP contribution in [0.15, 0.2) is 29.4 Å². The minimum atomic E-state index is -4.54. The molecule has 1 unspecified atom stereocenters. The Balaban J connectivity index is 1.88. The Kier molecular flexibility index (Phi) is 5.51. The molecule has 1 atom stereocenters. The number of amidine groups is 1. The van der Waals surface area contributed by atoms with Gasteiger partial charge in [-0.15, -0.1) is 0 Å².